The van der Waals surface area contributed by atoms with Crippen molar-refractivity contribution < 1.29 is 0 Å². The molecule has 0 aromatic carbocycles. The van der Waals surface area contributed by atoms with Crippen molar-refractivity contribution in [1.82, 2.24) is 24.7 Å². The maximum Gasteiger partial charge on any atom is 0.198 e. The Hall–Kier alpha value is -1.77. The lowest BCUT2D eigenvalue weighted by molar-refractivity contribution is 0.669. The Kier molecular flexibility index (Phi) is 3.20. The Morgan fingerprint density at radius 2 is 2.04 bits per heavy atom. The lowest BCUT2D eigenvalue weighted by atomic mass is 10.4. The van der Waals surface area contributed by atoms with Gasteiger partial charge in [0.1, 0.15) is 16.2 Å². The molecule has 5 rings (SSSR count). The van der Waals surface area contributed by atoms with Gasteiger partial charge in [0.2, 0.25) is 0 Å². The van der Waals surface area contributed by atoms with Gasteiger partial charge in [0, 0.05) is 11.4 Å². The average Bonchev–Trinajstić information content (AvgIpc) is 2.99. The molecule has 0 unspecified atom stereocenters. The molecule has 1 aliphatic carbocycles. The normalized spacial score (nSPS) is 14.6. The second kappa shape index (κ2) is 5.40. The summed E-state index contributed by atoms with van der Waals surface area (Å²) < 4.78 is 2.27. The smallest absolute Gasteiger partial charge is 0.198 e. The van der Waals surface area contributed by atoms with Crippen LogP contribution in [0, 0.1) is 0 Å². The van der Waals surface area contributed by atoms with Gasteiger partial charge in [0.25, 0.3) is 0 Å². The first-order valence-electron chi connectivity index (χ1n) is 7.25. The van der Waals surface area contributed by atoms with E-state index in [1.165, 1.54) is 17.7 Å². The van der Waals surface area contributed by atoms with E-state index in [1.807, 2.05) is 5.38 Å². The summed E-state index contributed by atoms with van der Waals surface area (Å²) in [5.41, 5.74) is 0. The van der Waals surface area contributed by atoms with Crippen LogP contribution in [-0.2, 0) is 0 Å². The fourth-order valence-electron chi connectivity index (χ4n) is 2.52. The van der Waals surface area contributed by atoms with Gasteiger partial charge >= 0.3 is 0 Å². The molecule has 0 atom stereocenters. The largest absolute Gasteiger partial charge is 0.298 e. The Bertz CT molecular complexity index is 968. The minimum Gasteiger partial charge on any atom is -0.298 e. The summed E-state index contributed by atoms with van der Waals surface area (Å²) in [7, 11) is 0. The standard InChI is InChI=1S/C15H11N5S3/c1-2-11(21-6-1)12-18-19-15(20(12)9-3-4-9)23-14-10-5-7-22-13(10)16-8-17-14/h1-2,5-9H,3-4H2. The molecule has 114 valence electrons. The summed E-state index contributed by atoms with van der Waals surface area (Å²) in [5.74, 6) is 0.973. The van der Waals surface area contributed by atoms with Crippen LogP contribution in [0.25, 0.3) is 20.9 Å². The maximum absolute atomic E-state index is 4.45. The third kappa shape index (κ3) is 2.37. The third-order valence-corrected chi connectivity index (χ3v) is 6.40. The van der Waals surface area contributed by atoms with Crippen LogP contribution in [0.3, 0.4) is 0 Å². The van der Waals surface area contributed by atoms with E-state index in [9.17, 15) is 0 Å². The van der Waals surface area contributed by atoms with E-state index in [-0.39, 0.29) is 0 Å². The fraction of sp³-hybridized carbons (Fsp3) is 0.200. The predicted octanol–water partition coefficient (Wildman–Crippen LogP) is 4.50. The lowest BCUT2D eigenvalue weighted by Gasteiger charge is -2.07. The molecule has 1 fully saturated rings. The van der Waals surface area contributed by atoms with E-state index < -0.39 is 0 Å². The second-order valence-electron chi connectivity index (χ2n) is 5.30. The highest BCUT2D eigenvalue weighted by atomic mass is 32.2. The minimum absolute atomic E-state index is 0.518. The van der Waals surface area contributed by atoms with Gasteiger partial charge in [-0.05, 0) is 47.5 Å². The van der Waals surface area contributed by atoms with E-state index in [0.717, 1.165) is 26.2 Å². The van der Waals surface area contributed by atoms with Crippen molar-refractivity contribution in [2.45, 2.75) is 29.1 Å². The monoisotopic (exact) mass is 357 g/mol. The Morgan fingerprint density at radius 3 is 2.87 bits per heavy atom. The van der Waals surface area contributed by atoms with Gasteiger partial charge in [0.15, 0.2) is 11.0 Å². The van der Waals surface area contributed by atoms with Crippen LogP contribution in [0.4, 0.5) is 0 Å². The predicted molar refractivity (Wildman–Crippen MR) is 93.1 cm³/mol. The summed E-state index contributed by atoms with van der Waals surface area (Å²) in [5, 5.41) is 16.0. The molecule has 4 heterocycles. The zero-order chi connectivity index (χ0) is 15.2. The highest BCUT2D eigenvalue weighted by molar-refractivity contribution is 7.99. The number of hydrogen-bond acceptors (Lipinski definition) is 7. The molecule has 8 heteroatoms. The molecule has 1 aliphatic rings. The lowest BCUT2D eigenvalue weighted by Crippen LogP contribution is -1.99. The molecular formula is C15H11N5S3. The molecule has 1 saturated carbocycles. The van der Waals surface area contributed by atoms with E-state index >= 15 is 0 Å². The molecule has 5 nitrogen and oxygen atoms in total. The van der Waals surface area contributed by atoms with Crippen LogP contribution in [-0.4, -0.2) is 24.7 Å². The van der Waals surface area contributed by atoms with Crippen LogP contribution in [0.2, 0.25) is 0 Å². The van der Waals surface area contributed by atoms with Gasteiger partial charge in [-0.3, -0.25) is 4.57 Å². The fourth-order valence-corrected chi connectivity index (χ4v) is 4.98. The molecule has 0 bridgehead atoms. The summed E-state index contributed by atoms with van der Waals surface area (Å²) in [4.78, 5) is 10.9. The molecule has 0 amide bonds. The second-order valence-corrected chi connectivity index (χ2v) is 8.10. The number of nitrogens with zero attached hydrogens (tertiary/aromatic N) is 5. The van der Waals surface area contributed by atoms with Gasteiger partial charge in [-0.15, -0.1) is 32.9 Å². The van der Waals surface area contributed by atoms with Gasteiger partial charge < -0.3 is 0 Å². The summed E-state index contributed by atoms with van der Waals surface area (Å²) in [6.07, 6.45) is 4.02. The zero-order valence-electron chi connectivity index (χ0n) is 11.9. The summed E-state index contributed by atoms with van der Waals surface area (Å²) in [6.45, 7) is 0. The Morgan fingerprint density at radius 1 is 1.09 bits per heavy atom. The van der Waals surface area contributed by atoms with E-state index in [1.54, 1.807) is 40.8 Å². The maximum atomic E-state index is 4.45. The highest BCUT2D eigenvalue weighted by Crippen LogP contribution is 2.43. The number of rotatable bonds is 4. The van der Waals surface area contributed by atoms with Crippen molar-refractivity contribution in [3.63, 3.8) is 0 Å². The number of fused-ring (bicyclic) bond motifs is 1. The minimum atomic E-state index is 0.518. The molecule has 0 aliphatic heterocycles. The van der Waals surface area contributed by atoms with Crippen molar-refractivity contribution in [3.05, 3.63) is 35.3 Å². The molecular weight excluding hydrogens is 346 g/mol. The van der Waals surface area contributed by atoms with Crippen molar-refractivity contribution in [2.24, 2.45) is 0 Å². The molecule has 4 aromatic rings. The van der Waals surface area contributed by atoms with Crippen LogP contribution in [0.15, 0.2) is 45.5 Å². The van der Waals surface area contributed by atoms with E-state index in [4.69, 9.17) is 0 Å². The SMILES string of the molecule is c1csc(-c2nnc(Sc3ncnc4sccc34)n2C2CC2)c1. The van der Waals surface area contributed by atoms with E-state index in [2.05, 4.69) is 48.3 Å². The molecule has 23 heavy (non-hydrogen) atoms. The summed E-state index contributed by atoms with van der Waals surface area (Å²) >= 11 is 4.92. The van der Waals surface area contributed by atoms with Crippen LogP contribution < -0.4 is 0 Å². The van der Waals surface area contributed by atoms with E-state index in [0.29, 0.717) is 6.04 Å². The molecule has 0 spiro atoms. The average molecular weight is 357 g/mol. The Labute approximate surface area is 144 Å². The third-order valence-electron chi connectivity index (χ3n) is 3.73. The van der Waals surface area contributed by atoms with Gasteiger partial charge in [-0.2, -0.15) is 0 Å². The highest BCUT2D eigenvalue weighted by Gasteiger charge is 2.31. The van der Waals surface area contributed by atoms with Crippen molar-refractivity contribution in [1.29, 1.82) is 0 Å². The van der Waals surface area contributed by atoms with Gasteiger partial charge in [-0.25, -0.2) is 9.97 Å². The van der Waals surface area contributed by atoms with Crippen LogP contribution in [0.5, 0.6) is 0 Å². The molecule has 0 N–H and O–H groups in total. The van der Waals surface area contributed by atoms with Crippen LogP contribution >= 0.6 is 34.4 Å². The van der Waals surface area contributed by atoms with Crippen molar-refractivity contribution in [3.8, 4) is 10.7 Å². The van der Waals surface area contributed by atoms with Gasteiger partial charge in [0.05, 0.1) is 4.88 Å². The number of aromatic nitrogens is 5. The first-order chi connectivity index (χ1) is 11.4. The number of hydrogen-bond donors (Lipinski definition) is 0. The molecule has 0 radical (unpaired) electrons. The molecule has 0 saturated heterocycles. The van der Waals surface area contributed by atoms with Crippen molar-refractivity contribution >= 4 is 44.7 Å². The topological polar surface area (TPSA) is 56.5 Å². The quantitative estimate of drug-likeness (QED) is 0.503. The molecule has 4 aromatic heterocycles. The first-order valence-corrected chi connectivity index (χ1v) is 9.82. The zero-order valence-corrected chi connectivity index (χ0v) is 14.4. The number of thiophene rings is 2. The van der Waals surface area contributed by atoms with Crippen molar-refractivity contribution in [2.75, 3.05) is 0 Å². The van der Waals surface area contributed by atoms with Crippen LogP contribution in [0.1, 0.15) is 18.9 Å². The summed E-state index contributed by atoms with van der Waals surface area (Å²) in [6, 6.07) is 6.74. The van der Waals surface area contributed by atoms with Gasteiger partial charge in [-0.1, -0.05) is 6.07 Å². The first kappa shape index (κ1) is 13.6. The Balaban J connectivity index is 1.60.